The number of aromatic nitrogens is 3. The molecule has 1 aromatic carbocycles. The third-order valence-corrected chi connectivity index (χ3v) is 5.56. The maximum absolute atomic E-state index is 12.9. The van der Waals surface area contributed by atoms with Crippen molar-refractivity contribution in [1.29, 1.82) is 0 Å². The van der Waals surface area contributed by atoms with Crippen LogP contribution in [-0.4, -0.2) is 39.3 Å². The molecule has 0 radical (unpaired) electrons. The summed E-state index contributed by atoms with van der Waals surface area (Å²) < 4.78 is 7.04. The second-order valence-corrected chi connectivity index (χ2v) is 7.81. The first-order valence-corrected chi connectivity index (χ1v) is 10.4. The van der Waals surface area contributed by atoms with E-state index in [4.69, 9.17) is 9.72 Å². The minimum absolute atomic E-state index is 0.183. The summed E-state index contributed by atoms with van der Waals surface area (Å²) in [5.74, 6) is -0.804. The first-order valence-electron chi connectivity index (χ1n) is 10.4. The van der Waals surface area contributed by atoms with Crippen LogP contribution in [0.5, 0.6) is 0 Å². The number of ether oxygens (including phenoxy) is 1. The highest BCUT2D eigenvalue weighted by molar-refractivity contribution is 6.05. The van der Waals surface area contributed by atoms with E-state index in [9.17, 15) is 9.59 Å². The lowest BCUT2D eigenvalue weighted by atomic mass is 9.95. The van der Waals surface area contributed by atoms with Crippen LogP contribution in [0.15, 0.2) is 36.4 Å². The Bertz CT molecular complexity index is 1070. The predicted molar refractivity (Wildman–Crippen MR) is 114 cm³/mol. The van der Waals surface area contributed by atoms with Gasteiger partial charge < -0.3 is 10.1 Å². The Balaban J connectivity index is 1.57. The van der Waals surface area contributed by atoms with E-state index in [1.165, 1.54) is 6.42 Å². The predicted octanol–water partition coefficient (Wildman–Crippen LogP) is 3.55. The molecule has 1 N–H and O–H groups in total. The third kappa shape index (κ3) is 4.20. The number of benzene rings is 1. The lowest BCUT2D eigenvalue weighted by molar-refractivity contribution is -0.125. The molecule has 0 saturated heterocycles. The number of esters is 1. The van der Waals surface area contributed by atoms with Crippen LogP contribution in [0.4, 0.5) is 0 Å². The fourth-order valence-electron chi connectivity index (χ4n) is 4.09. The van der Waals surface area contributed by atoms with Crippen LogP contribution < -0.4 is 5.32 Å². The first kappa shape index (κ1) is 20.1. The molecule has 0 atom stereocenters. The van der Waals surface area contributed by atoms with Crippen molar-refractivity contribution in [3.63, 3.8) is 0 Å². The van der Waals surface area contributed by atoms with Gasteiger partial charge in [0.15, 0.2) is 12.3 Å². The van der Waals surface area contributed by atoms with Crippen molar-refractivity contribution in [2.75, 3.05) is 6.61 Å². The molecule has 30 heavy (non-hydrogen) atoms. The van der Waals surface area contributed by atoms with Crippen LogP contribution in [0.2, 0.25) is 0 Å². The molecule has 0 bridgehead atoms. The third-order valence-electron chi connectivity index (χ3n) is 5.56. The second kappa shape index (κ2) is 8.65. The number of nitrogens with zero attached hydrogens (tertiary/aromatic N) is 3. The minimum atomic E-state index is -0.547. The summed E-state index contributed by atoms with van der Waals surface area (Å²) in [6.07, 6.45) is 5.44. The standard InChI is InChI=1S/C23H26N4O3/c1-15-21-18(23(29)30-14-20(28)24-17-11-7-4-8-12-17)13-19(16-9-5-3-6-10-16)25-22(21)27(2)26-15/h3,5-6,9-10,13,17H,4,7-8,11-12,14H2,1-2H3,(H,24,28). The van der Waals surface area contributed by atoms with Crippen molar-refractivity contribution in [2.45, 2.75) is 45.1 Å². The Morgan fingerprint density at radius 2 is 1.90 bits per heavy atom. The quantitative estimate of drug-likeness (QED) is 0.655. The Kier molecular flexibility index (Phi) is 5.79. The molecule has 0 unspecified atom stereocenters. The number of aryl methyl sites for hydroxylation is 2. The van der Waals surface area contributed by atoms with Crippen molar-refractivity contribution in [3.8, 4) is 11.3 Å². The van der Waals surface area contributed by atoms with E-state index < -0.39 is 5.97 Å². The van der Waals surface area contributed by atoms with Crippen LogP contribution in [0.3, 0.4) is 0 Å². The van der Waals surface area contributed by atoms with Gasteiger partial charge in [-0.25, -0.2) is 9.78 Å². The molecule has 2 heterocycles. The molecule has 7 nitrogen and oxygen atoms in total. The molecule has 1 aliphatic carbocycles. The molecular weight excluding hydrogens is 380 g/mol. The van der Waals surface area contributed by atoms with Gasteiger partial charge in [0.05, 0.1) is 22.3 Å². The van der Waals surface area contributed by atoms with Gasteiger partial charge in [-0.05, 0) is 25.8 Å². The number of carbonyl (C=O) groups excluding carboxylic acids is 2. The van der Waals surface area contributed by atoms with E-state index in [1.54, 1.807) is 17.8 Å². The van der Waals surface area contributed by atoms with E-state index in [1.807, 2.05) is 37.3 Å². The monoisotopic (exact) mass is 406 g/mol. The minimum Gasteiger partial charge on any atom is -0.452 e. The number of amides is 1. The average molecular weight is 406 g/mol. The van der Waals surface area contributed by atoms with Gasteiger partial charge in [0.1, 0.15) is 0 Å². The average Bonchev–Trinajstić information content (AvgIpc) is 3.06. The van der Waals surface area contributed by atoms with E-state index in [2.05, 4.69) is 10.4 Å². The molecule has 0 aliphatic heterocycles. The highest BCUT2D eigenvalue weighted by atomic mass is 16.5. The zero-order chi connectivity index (χ0) is 21.1. The highest BCUT2D eigenvalue weighted by Gasteiger charge is 2.22. The summed E-state index contributed by atoms with van der Waals surface area (Å²) in [7, 11) is 1.80. The van der Waals surface area contributed by atoms with Gasteiger partial charge in [-0.1, -0.05) is 49.6 Å². The Labute approximate surface area is 175 Å². The maximum Gasteiger partial charge on any atom is 0.339 e. The molecule has 2 aromatic heterocycles. The van der Waals surface area contributed by atoms with Crippen molar-refractivity contribution in [1.82, 2.24) is 20.1 Å². The van der Waals surface area contributed by atoms with E-state index in [0.29, 0.717) is 28.0 Å². The number of fused-ring (bicyclic) bond motifs is 1. The van der Waals surface area contributed by atoms with Crippen molar-refractivity contribution >= 4 is 22.9 Å². The largest absolute Gasteiger partial charge is 0.452 e. The number of carbonyl (C=O) groups is 2. The SMILES string of the molecule is Cc1nn(C)c2nc(-c3ccccc3)cc(C(=O)OCC(=O)NC3CCCCC3)c12. The molecule has 1 saturated carbocycles. The molecule has 3 aromatic rings. The smallest absolute Gasteiger partial charge is 0.339 e. The van der Waals surface area contributed by atoms with E-state index in [-0.39, 0.29) is 18.6 Å². The van der Waals surface area contributed by atoms with Crippen LogP contribution >= 0.6 is 0 Å². The Morgan fingerprint density at radius 3 is 2.63 bits per heavy atom. The van der Waals surface area contributed by atoms with Crippen molar-refractivity contribution < 1.29 is 14.3 Å². The number of hydrogen-bond acceptors (Lipinski definition) is 5. The molecule has 156 valence electrons. The number of pyridine rings is 1. The molecule has 4 rings (SSSR count). The van der Waals surface area contributed by atoms with Gasteiger partial charge in [-0.15, -0.1) is 0 Å². The van der Waals surface area contributed by atoms with E-state index in [0.717, 1.165) is 31.2 Å². The highest BCUT2D eigenvalue weighted by Crippen LogP contribution is 2.27. The molecule has 7 heteroatoms. The van der Waals surface area contributed by atoms with Gasteiger partial charge in [-0.3, -0.25) is 9.48 Å². The molecule has 0 spiro atoms. The number of rotatable bonds is 5. The normalized spacial score (nSPS) is 14.6. The van der Waals surface area contributed by atoms with Crippen LogP contribution in [0, 0.1) is 6.92 Å². The van der Waals surface area contributed by atoms with Crippen LogP contribution in [0.25, 0.3) is 22.3 Å². The molecule has 1 amide bonds. The summed E-state index contributed by atoms with van der Waals surface area (Å²) in [6.45, 7) is 1.54. The van der Waals surface area contributed by atoms with E-state index >= 15 is 0 Å². The molecule has 1 fully saturated rings. The fourth-order valence-corrected chi connectivity index (χ4v) is 4.09. The summed E-state index contributed by atoms with van der Waals surface area (Å²) in [4.78, 5) is 29.9. The Morgan fingerprint density at radius 1 is 1.17 bits per heavy atom. The zero-order valence-electron chi connectivity index (χ0n) is 17.4. The molecule has 1 aliphatic rings. The second-order valence-electron chi connectivity index (χ2n) is 7.81. The summed E-state index contributed by atoms with van der Waals surface area (Å²) in [5, 5.41) is 8.03. The van der Waals surface area contributed by atoms with Crippen molar-refractivity contribution in [3.05, 3.63) is 47.7 Å². The Hall–Kier alpha value is -3.22. The zero-order valence-corrected chi connectivity index (χ0v) is 17.4. The number of nitrogens with one attached hydrogen (secondary N) is 1. The van der Waals surface area contributed by atoms with Gasteiger partial charge >= 0.3 is 5.97 Å². The summed E-state index contributed by atoms with van der Waals surface area (Å²) >= 11 is 0. The first-order chi connectivity index (χ1) is 14.5. The van der Waals surface area contributed by atoms with Gasteiger partial charge in [0.2, 0.25) is 0 Å². The topological polar surface area (TPSA) is 86.1 Å². The molecular formula is C23H26N4O3. The van der Waals surface area contributed by atoms with Gasteiger partial charge in [0.25, 0.3) is 5.91 Å². The lowest BCUT2D eigenvalue weighted by Gasteiger charge is -2.22. The van der Waals surface area contributed by atoms with Crippen molar-refractivity contribution in [2.24, 2.45) is 7.05 Å². The maximum atomic E-state index is 12.9. The summed E-state index contributed by atoms with van der Waals surface area (Å²) in [6, 6.07) is 11.5. The van der Waals surface area contributed by atoms with Gasteiger partial charge in [0, 0.05) is 18.7 Å². The summed E-state index contributed by atoms with van der Waals surface area (Å²) in [5.41, 5.74) is 3.22. The van der Waals surface area contributed by atoms with Gasteiger partial charge in [-0.2, -0.15) is 5.10 Å². The van der Waals surface area contributed by atoms with Crippen LogP contribution in [-0.2, 0) is 16.6 Å². The number of hydrogen-bond donors (Lipinski definition) is 1. The lowest BCUT2D eigenvalue weighted by Crippen LogP contribution is -2.38. The van der Waals surface area contributed by atoms with Crippen LogP contribution in [0.1, 0.15) is 48.2 Å². The fraction of sp³-hybridized carbons (Fsp3) is 0.391.